The van der Waals surface area contributed by atoms with Crippen molar-refractivity contribution in [3.63, 3.8) is 0 Å². The Labute approximate surface area is 179 Å². The third-order valence-electron chi connectivity index (χ3n) is 4.69. The van der Waals surface area contributed by atoms with Gasteiger partial charge in [-0.05, 0) is 37.1 Å². The maximum absolute atomic E-state index is 11.6. The second kappa shape index (κ2) is 9.33. The molecule has 1 unspecified atom stereocenters. The van der Waals surface area contributed by atoms with Crippen LogP contribution in [-0.2, 0) is 25.1 Å². The number of aryl methyl sites for hydroxylation is 1. The van der Waals surface area contributed by atoms with Crippen LogP contribution in [0.1, 0.15) is 23.1 Å². The highest BCUT2D eigenvalue weighted by molar-refractivity contribution is 7.89. The molecule has 0 amide bonds. The minimum absolute atomic E-state index is 0.0121. The Kier molecular flexibility index (Phi) is 6.78. The van der Waals surface area contributed by atoms with Gasteiger partial charge in [0.1, 0.15) is 0 Å². The fourth-order valence-corrected chi connectivity index (χ4v) is 3.56. The molecule has 0 spiro atoms. The molecule has 2 aromatic rings. The summed E-state index contributed by atoms with van der Waals surface area (Å²) in [6, 6.07) is 13.9. The van der Waals surface area contributed by atoms with E-state index in [0.717, 1.165) is 11.1 Å². The summed E-state index contributed by atoms with van der Waals surface area (Å²) in [5, 5.41) is 23.3. The molecule has 11 heteroatoms. The first-order valence-electron chi connectivity index (χ1n) is 9.41. The van der Waals surface area contributed by atoms with E-state index in [2.05, 4.69) is 15.1 Å². The zero-order valence-corrected chi connectivity index (χ0v) is 17.6. The van der Waals surface area contributed by atoms with Gasteiger partial charge in [0.25, 0.3) is 5.09 Å². The molecule has 3 rings (SSSR count). The lowest BCUT2D eigenvalue weighted by Crippen LogP contribution is -2.27. The fourth-order valence-electron chi connectivity index (χ4n) is 3.05. The van der Waals surface area contributed by atoms with E-state index in [0.29, 0.717) is 17.7 Å². The van der Waals surface area contributed by atoms with Crippen molar-refractivity contribution >= 4 is 15.7 Å². The molecule has 0 saturated carbocycles. The molecule has 2 N–H and O–H groups in total. The van der Waals surface area contributed by atoms with Gasteiger partial charge >= 0.3 is 0 Å². The topological polar surface area (TPSA) is 146 Å². The number of ether oxygens (including phenoxy) is 1. The van der Waals surface area contributed by atoms with E-state index in [1.807, 2.05) is 37.3 Å². The van der Waals surface area contributed by atoms with Crippen molar-refractivity contribution < 1.29 is 23.1 Å². The molecular formula is C20H22N4O6S. The molecule has 0 fully saturated rings. The summed E-state index contributed by atoms with van der Waals surface area (Å²) in [6.45, 7) is 2.24. The largest absolute Gasteiger partial charge is 0.378 e. The van der Waals surface area contributed by atoms with E-state index >= 15 is 0 Å². The van der Waals surface area contributed by atoms with Crippen molar-refractivity contribution in [2.75, 3.05) is 19.8 Å². The van der Waals surface area contributed by atoms with E-state index in [-0.39, 0.29) is 24.7 Å². The van der Waals surface area contributed by atoms with Crippen LogP contribution in [0.15, 0.2) is 69.7 Å². The fraction of sp³-hybridized carbons (Fsp3) is 0.300. The standard InChI is InChI=1S/C20H22N4O6S/c1-15-3-5-16(6-4-15)19-13-20(23-22-19,14-29-11-2-12-30-24(25)26)17-7-9-18(10-8-17)31(21,27)28/h3-10,13H,2,11-12,14H2,1H3,(H2,21,27,28). The number of azo groups is 1. The lowest BCUT2D eigenvalue weighted by atomic mass is 9.90. The zero-order chi connectivity index (χ0) is 22.5. The summed E-state index contributed by atoms with van der Waals surface area (Å²) >= 11 is 0. The smallest absolute Gasteiger partial charge is 0.294 e. The monoisotopic (exact) mass is 446 g/mol. The van der Waals surface area contributed by atoms with Crippen molar-refractivity contribution in [2.45, 2.75) is 23.8 Å². The van der Waals surface area contributed by atoms with Gasteiger partial charge in [-0.1, -0.05) is 42.0 Å². The first-order valence-corrected chi connectivity index (χ1v) is 11.0. The Balaban J connectivity index is 1.83. The molecule has 2 aromatic carbocycles. The molecule has 1 heterocycles. The van der Waals surface area contributed by atoms with E-state index in [1.54, 1.807) is 12.1 Å². The molecule has 0 aromatic heterocycles. The highest BCUT2D eigenvalue weighted by Gasteiger charge is 2.35. The zero-order valence-electron chi connectivity index (χ0n) is 16.8. The lowest BCUT2D eigenvalue weighted by Gasteiger charge is -2.23. The Morgan fingerprint density at radius 1 is 1.10 bits per heavy atom. The molecule has 164 valence electrons. The van der Waals surface area contributed by atoms with Crippen LogP contribution in [0.5, 0.6) is 0 Å². The van der Waals surface area contributed by atoms with Gasteiger partial charge in [-0.15, -0.1) is 10.1 Å². The summed E-state index contributed by atoms with van der Waals surface area (Å²) in [4.78, 5) is 14.5. The minimum Gasteiger partial charge on any atom is -0.378 e. The summed E-state index contributed by atoms with van der Waals surface area (Å²) in [5.41, 5.74) is 2.37. The molecule has 10 nitrogen and oxygen atoms in total. The minimum atomic E-state index is -3.82. The number of primary sulfonamides is 1. The molecule has 0 bridgehead atoms. The van der Waals surface area contributed by atoms with Crippen LogP contribution in [0.3, 0.4) is 0 Å². The predicted molar refractivity (Wildman–Crippen MR) is 112 cm³/mol. The number of hydrogen-bond acceptors (Lipinski definition) is 8. The predicted octanol–water partition coefficient (Wildman–Crippen LogP) is 2.96. The number of rotatable bonds is 10. The van der Waals surface area contributed by atoms with Crippen LogP contribution in [0.2, 0.25) is 0 Å². The number of sulfonamides is 1. The molecule has 0 aliphatic carbocycles. The van der Waals surface area contributed by atoms with Gasteiger partial charge in [-0.3, -0.25) is 0 Å². The third kappa shape index (κ3) is 5.72. The second-order valence-corrected chi connectivity index (χ2v) is 8.61. The molecule has 31 heavy (non-hydrogen) atoms. The number of benzene rings is 2. The highest BCUT2D eigenvalue weighted by Crippen LogP contribution is 2.38. The maximum Gasteiger partial charge on any atom is 0.294 e. The quantitative estimate of drug-likeness (QED) is 0.337. The van der Waals surface area contributed by atoms with Gasteiger partial charge in [0.15, 0.2) is 5.54 Å². The Morgan fingerprint density at radius 2 is 1.77 bits per heavy atom. The van der Waals surface area contributed by atoms with E-state index in [1.165, 1.54) is 12.1 Å². The lowest BCUT2D eigenvalue weighted by molar-refractivity contribution is -0.757. The second-order valence-electron chi connectivity index (χ2n) is 7.05. The Hall–Kier alpha value is -3.15. The molecule has 0 radical (unpaired) electrons. The van der Waals surface area contributed by atoms with E-state index in [9.17, 15) is 18.5 Å². The first kappa shape index (κ1) is 22.5. The van der Waals surface area contributed by atoms with E-state index < -0.39 is 20.6 Å². The van der Waals surface area contributed by atoms with Gasteiger partial charge in [-0.25, -0.2) is 13.6 Å². The van der Waals surface area contributed by atoms with Crippen molar-refractivity contribution in [2.24, 2.45) is 15.4 Å². The molecule has 1 aliphatic rings. The Morgan fingerprint density at radius 3 is 2.39 bits per heavy atom. The SMILES string of the molecule is Cc1ccc(C2=CC(COCCCO[N+](=O)[O-])(c3ccc(S(N)(=O)=O)cc3)N=N2)cc1. The van der Waals surface area contributed by atoms with Crippen LogP contribution in [0.25, 0.3) is 5.70 Å². The summed E-state index contributed by atoms with van der Waals surface area (Å²) in [7, 11) is -3.82. The van der Waals surface area contributed by atoms with Crippen LogP contribution in [0, 0.1) is 17.0 Å². The number of nitrogens with two attached hydrogens (primary N) is 1. The third-order valence-corrected chi connectivity index (χ3v) is 5.62. The molecular weight excluding hydrogens is 424 g/mol. The van der Waals surface area contributed by atoms with Crippen molar-refractivity contribution in [1.29, 1.82) is 0 Å². The normalized spacial score (nSPS) is 18.1. The highest BCUT2D eigenvalue weighted by atomic mass is 32.2. The van der Waals surface area contributed by atoms with E-state index in [4.69, 9.17) is 9.88 Å². The summed E-state index contributed by atoms with van der Waals surface area (Å²) in [6.07, 6.45) is 2.18. The summed E-state index contributed by atoms with van der Waals surface area (Å²) in [5.74, 6) is 0. The first-order chi connectivity index (χ1) is 14.7. The molecule has 1 atom stereocenters. The van der Waals surface area contributed by atoms with Gasteiger partial charge in [0, 0.05) is 12.2 Å². The van der Waals surface area contributed by atoms with Crippen LogP contribution in [-0.4, -0.2) is 33.3 Å². The maximum atomic E-state index is 11.6. The number of hydrogen-bond donors (Lipinski definition) is 1. The van der Waals surface area contributed by atoms with Gasteiger partial charge in [-0.2, -0.15) is 10.2 Å². The van der Waals surface area contributed by atoms with Gasteiger partial charge in [0.2, 0.25) is 10.0 Å². The van der Waals surface area contributed by atoms with Crippen LogP contribution >= 0.6 is 0 Å². The number of nitrogens with zero attached hydrogens (tertiary/aromatic N) is 3. The van der Waals surface area contributed by atoms with Gasteiger partial charge in [0.05, 0.1) is 23.8 Å². The summed E-state index contributed by atoms with van der Waals surface area (Å²) < 4.78 is 28.9. The average molecular weight is 446 g/mol. The van der Waals surface area contributed by atoms with Crippen molar-refractivity contribution in [1.82, 2.24) is 0 Å². The molecule has 0 saturated heterocycles. The van der Waals surface area contributed by atoms with Crippen LogP contribution in [0.4, 0.5) is 0 Å². The van der Waals surface area contributed by atoms with Crippen molar-refractivity contribution in [3.05, 3.63) is 81.4 Å². The van der Waals surface area contributed by atoms with Gasteiger partial charge < -0.3 is 9.57 Å². The average Bonchev–Trinajstić information content (AvgIpc) is 3.16. The Bertz CT molecular complexity index is 1100. The molecule has 1 aliphatic heterocycles. The van der Waals surface area contributed by atoms with Crippen LogP contribution < -0.4 is 5.14 Å². The van der Waals surface area contributed by atoms with Crippen molar-refractivity contribution in [3.8, 4) is 0 Å².